The molecule has 0 heterocycles. The highest BCUT2D eigenvalue weighted by molar-refractivity contribution is 5.78. The van der Waals surface area contributed by atoms with Gasteiger partial charge < -0.3 is 0 Å². The molecular formula is C7H16N2O. The lowest BCUT2D eigenvalue weighted by Crippen LogP contribution is -2.21. The summed E-state index contributed by atoms with van der Waals surface area (Å²) in [4.78, 5) is 8.91. The lowest BCUT2D eigenvalue weighted by Gasteiger charge is -2.03. The van der Waals surface area contributed by atoms with E-state index in [1.54, 1.807) is 7.05 Å². The van der Waals surface area contributed by atoms with E-state index >= 15 is 0 Å². The third-order valence-corrected chi connectivity index (χ3v) is 1.16. The van der Waals surface area contributed by atoms with E-state index in [2.05, 4.69) is 17.4 Å². The van der Waals surface area contributed by atoms with Gasteiger partial charge in [0.2, 0.25) is 0 Å². The largest absolute Gasteiger partial charge is 0.275 e. The predicted molar refractivity (Wildman–Crippen MR) is 43.0 cm³/mol. The average Bonchev–Trinajstić information content (AvgIpc) is 1.98. The maximum atomic E-state index is 5.05. The first-order chi connectivity index (χ1) is 4.81. The maximum Gasteiger partial charge on any atom is 0.117 e. The monoisotopic (exact) mass is 144 g/mol. The quantitative estimate of drug-likeness (QED) is 0.280. The van der Waals surface area contributed by atoms with E-state index in [9.17, 15) is 0 Å². The third kappa shape index (κ3) is 5.56. The van der Waals surface area contributed by atoms with Crippen LogP contribution in [-0.4, -0.2) is 19.5 Å². The molecule has 0 saturated carbocycles. The zero-order valence-corrected chi connectivity index (χ0v) is 6.98. The summed E-state index contributed by atoms with van der Waals surface area (Å²) in [5, 5.41) is 0. The Morgan fingerprint density at radius 1 is 1.60 bits per heavy atom. The molecule has 0 radical (unpaired) electrons. The standard InChI is InChI=1S/C7H16N2O/c1-4-5-6-10-9-7(2)8-3/h4-6H2,1-3H3,(H,8,9). The van der Waals surface area contributed by atoms with Gasteiger partial charge in [0.05, 0.1) is 6.61 Å². The molecule has 0 aliphatic rings. The Kier molecular flexibility index (Phi) is 6.18. The van der Waals surface area contributed by atoms with Gasteiger partial charge in [0.1, 0.15) is 5.84 Å². The molecule has 1 N–H and O–H groups in total. The lowest BCUT2D eigenvalue weighted by atomic mass is 10.4. The van der Waals surface area contributed by atoms with Gasteiger partial charge in [-0.25, -0.2) is 0 Å². The van der Waals surface area contributed by atoms with E-state index < -0.39 is 0 Å². The van der Waals surface area contributed by atoms with Crippen molar-refractivity contribution in [2.24, 2.45) is 4.99 Å². The second kappa shape index (κ2) is 6.55. The molecular weight excluding hydrogens is 128 g/mol. The van der Waals surface area contributed by atoms with Crippen LogP contribution in [0.1, 0.15) is 26.7 Å². The van der Waals surface area contributed by atoms with Crippen LogP contribution in [-0.2, 0) is 4.84 Å². The summed E-state index contributed by atoms with van der Waals surface area (Å²) < 4.78 is 0. The van der Waals surface area contributed by atoms with Gasteiger partial charge in [-0.15, -0.1) is 0 Å². The van der Waals surface area contributed by atoms with Crippen molar-refractivity contribution in [3.8, 4) is 0 Å². The van der Waals surface area contributed by atoms with Crippen molar-refractivity contribution in [2.45, 2.75) is 26.7 Å². The van der Waals surface area contributed by atoms with Gasteiger partial charge in [-0.2, -0.15) is 0 Å². The van der Waals surface area contributed by atoms with E-state index in [4.69, 9.17) is 4.84 Å². The molecule has 3 heteroatoms. The highest BCUT2D eigenvalue weighted by atomic mass is 16.6. The first-order valence-corrected chi connectivity index (χ1v) is 3.62. The molecule has 10 heavy (non-hydrogen) atoms. The minimum Gasteiger partial charge on any atom is -0.275 e. The van der Waals surface area contributed by atoms with Crippen molar-refractivity contribution >= 4 is 5.84 Å². The number of amidine groups is 1. The molecule has 0 rings (SSSR count). The Balaban J connectivity index is 3.04. The molecule has 3 nitrogen and oxygen atoms in total. The van der Waals surface area contributed by atoms with Crippen molar-refractivity contribution in [1.82, 2.24) is 5.48 Å². The molecule has 0 aromatic rings. The van der Waals surface area contributed by atoms with E-state index in [0.29, 0.717) is 0 Å². The second-order valence-electron chi connectivity index (χ2n) is 2.11. The third-order valence-electron chi connectivity index (χ3n) is 1.16. The van der Waals surface area contributed by atoms with Crippen LogP contribution in [0.15, 0.2) is 4.99 Å². The number of hydroxylamine groups is 1. The van der Waals surface area contributed by atoms with Gasteiger partial charge in [0, 0.05) is 7.05 Å². The smallest absolute Gasteiger partial charge is 0.117 e. The number of nitrogens with zero attached hydrogens (tertiary/aromatic N) is 1. The molecule has 0 aromatic heterocycles. The Labute approximate surface area is 62.4 Å². The van der Waals surface area contributed by atoms with Crippen LogP contribution in [0, 0.1) is 0 Å². The minimum absolute atomic E-state index is 0.753. The SMILES string of the molecule is CCCCONC(C)=NC. The summed E-state index contributed by atoms with van der Waals surface area (Å²) in [5.74, 6) is 0.816. The average molecular weight is 144 g/mol. The van der Waals surface area contributed by atoms with Gasteiger partial charge in [0.15, 0.2) is 0 Å². The van der Waals surface area contributed by atoms with Crippen molar-refractivity contribution < 1.29 is 4.84 Å². The Bertz CT molecular complexity index is 102. The topological polar surface area (TPSA) is 33.6 Å². The number of unbranched alkanes of at least 4 members (excludes halogenated alkanes) is 1. The summed E-state index contributed by atoms with van der Waals surface area (Å²) in [7, 11) is 1.73. The molecule has 0 unspecified atom stereocenters. The molecule has 0 aliphatic heterocycles. The lowest BCUT2D eigenvalue weighted by molar-refractivity contribution is 0.0822. The fraction of sp³-hybridized carbons (Fsp3) is 0.857. The zero-order valence-electron chi connectivity index (χ0n) is 6.98. The highest BCUT2D eigenvalue weighted by Gasteiger charge is 1.86. The minimum atomic E-state index is 0.753. The Morgan fingerprint density at radius 2 is 2.30 bits per heavy atom. The van der Waals surface area contributed by atoms with Crippen molar-refractivity contribution in [3.05, 3.63) is 0 Å². The number of nitrogens with one attached hydrogen (secondary N) is 1. The molecule has 0 fully saturated rings. The van der Waals surface area contributed by atoms with Crippen molar-refractivity contribution in [1.29, 1.82) is 0 Å². The van der Waals surface area contributed by atoms with Gasteiger partial charge >= 0.3 is 0 Å². The maximum absolute atomic E-state index is 5.05. The summed E-state index contributed by atoms with van der Waals surface area (Å²) >= 11 is 0. The zero-order chi connectivity index (χ0) is 7.82. The molecule has 0 saturated heterocycles. The van der Waals surface area contributed by atoms with Crippen LogP contribution in [0.3, 0.4) is 0 Å². The van der Waals surface area contributed by atoms with Crippen LogP contribution in [0.4, 0.5) is 0 Å². The second-order valence-corrected chi connectivity index (χ2v) is 2.11. The molecule has 60 valence electrons. The van der Waals surface area contributed by atoms with Gasteiger partial charge in [-0.1, -0.05) is 13.3 Å². The normalized spacial score (nSPS) is 11.7. The molecule has 0 spiro atoms. The van der Waals surface area contributed by atoms with E-state index in [-0.39, 0.29) is 0 Å². The van der Waals surface area contributed by atoms with E-state index in [1.165, 1.54) is 0 Å². The fourth-order valence-corrected chi connectivity index (χ4v) is 0.418. The fourth-order valence-electron chi connectivity index (χ4n) is 0.418. The summed E-state index contributed by atoms with van der Waals surface area (Å²) in [6.07, 6.45) is 2.24. The summed E-state index contributed by atoms with van der Waals surface area (Å²) in [6.45, 7) is 4.75. The summed E-state index contributed by atoms with van der Waals surface area (Å²) in [6, 6.07) is 0. The molecule has 0 aromatic carbocycles. The molecule has 0 aliphatic carbocycles. The van der Waals surface area contributed by atoms with E-state index in [0.717, 1.165) is 25.3 Å². The Morgan fingerprint density at radius 3 is 2.80 bits per heavy atom. The van der Waals surface area contributed by atoms with Crippen LogP contribution in [0.25, 0.3) is 0 Å². The summed E-state index contributed by atoms with van der Waals surface area (Å²) in [5.41, 5.74) is 2.72. The van der Waals surface area contributed by atoms with Gasteiger partial charge in [0.25, 0.3) is 0 Å². The molecule has 0 bridgehead atoms. The highest BCUT2D eigenvalue weighted by Crippen LogP contribution is 1.84. The Hall–Kier alpha value is -0.570. The van der Waals surface area contributed by atoms with Crippen LogP contribution in [0.5, 0.6) is 0 Å². The van der Waals surface area contributed by atoms with Crippen molar-refractivity contribution in [2.75, 3.05) is 13.7 Å². The number of hydrogen-bond donors (Lipinski definition) is 1. The molecule has 0 amide bonds. The number of rotatable bonds is 4. The number of hydrogen-bond acceptors (Lipinski definition) is 2. The van der Waals surface area contributed by atoms with Crippen LogP contribution < -0.4 is 5.48 Å². The van der Waals surface area contributed by atoms with Crippen LogP contribution in [0.2, 0.25) is 0 Å². The molecule has 0 atom stereocenters. The first kappa shape index (κ1) is 9.43. The predicted octanol–water partition coefficient (Wildman–Crippen LogP) is 1.36. The first-order valence-electron chi connectivity index (χ1n) is 3.62. The number of aliphatic imine (C=N–C) groups is 1. The van der Waals surface area contributed by atoms with E-state index in [1.807, 2.05) is 6.92 Å². The van der Waals surface area contributed by atoms with Crippen molar-refractivity contribution in [3.63, 3.8) is 0 Å². The van der Waals surface area contributed by atoms with Gasteiger partial charge in [-0.3, -0.25) is 15.3 Å². The van der Waals surface area contributed by atoms with Crippen LogP contribution >= 0.6 is 0 Å². The van der Waals surface area contributed by atoms with Gasteiger partial charge in [-0.05, 0) is 13.3 Å².